The molecule has 3 heterocycles. The molecule has 0 unspecified atom stereocenters. The largest absolute Gasteiger partial charge is 0.394 e. The first-order valence-corrected chi connectivity index (χ1v) is 9.89. The lowest BCUT2D eigenvalue weighted by Gasteiger charge is -2.37. The monoisotopic (exact) mass is 375 g/mol. The average molecular weight is 375 g/mol. The van der Waals surface area contributed by atoms with E-state index in [1.165, 1.54) is 6.42 Å². The Balaban J connectivity index is 1.47. The van der Waals surface area contributed by atoms with Gasteiger partial charge in [0, 0.05) is 25.0 Å². The van der Waals surface area contributed by atoms with Crippen LogP contribution in [0.5, 0.6) is 0 Å². The maximum atomic E-state index is 12.4. The number of hydrogen-bond donors (Lipinski definition) is 2. The van der Waals surface area contributed by atoms with E-state index in [1.807, 2.05) is 23.1 Å². The molecule has 3 atom stereocenters. The molecule has 0 aromatic carbocycles. The minimum atomic E-state index is -0.481. The maximum absolute atomic E-state index is 12.4. The van der Waals surface area contributed by atoms with Crippen LogP contribution >= 0.6 is 0 Å². The van der Waals surface area contributed by atoms with Crippen molar-refractivity contribution >= 4 is 11.8 Å². The SMILES string of the molecule is O=C(Cc1ccccn1)N[C@H]1CC[C@@H](CC(=O)N2CCCCC2)O[C@H]1CO. The Hall–Kier alpha value is -1.99. The molecular formula is C20H29N3O4. The third-order valence-corrected chi connectivity index (χ3v) is 5.32. The summed E-state index contributed by atoms with van der Waals surface area (Å²) >= 11 is 0. The van der Waals surface area contributed by atoms with E-state index < -0.39 is 6.10 Å². The summed E-state index contributed by atoms with van der Waals surface area (Å²) < 4.78 is 5.93. The Morgan fingerprint density at radius 3 is 2.74 bits per heavy atom. The molecule has 27 heavy (non-hydrogen) atoms. The topological polar surface area (TPSA) is 91.8 Å². The van der Waals surface area contributed by atoms with Gasteiger partial charge in [0.25, 0.3) is 0 Å². The number of piperidine rings is 1. The van der Waals surface area contributed by atoms with Crippen LogP contribution in [-0.4, -0.2) is 64.8 Å². The van der Waals surface area contributed by atoms with Gasteiger partial charge in [0.05, 0.1) is 31.6 Å². The Kier molecular flexibility index (Phi) is 7.18. The number of carbonyl (C=O) groups excluding carboxylic acids is 2. The van der Waals surface area contributed by atoms with Crippen molar-refractivity contribution in [3.05, 3.63) is 30.1 Å². The van der Waals surface area contributed by atoms with E-state index in [9.17, 15) is 14.7 Å². The van der Waals surface area contributed by atoms with Crippen LogP contribution in [-0.2, 0) is 20.7 Å². The number of aliphatic hydroxyl groups is 1. The highest BCUT2D eigenvalue weighted by atomic mass is 16.5. The lowest BCUT2D eigenvalue weighted by atomic mass is 9.96. The van der Waals surface area contributed by atoms with Crippen LogP contribution in [0.1, 0.15) is 44.2 Å². The molecule has 0 aliphatic carbocycles. The molecule has 0 radical (unpaired) electrons. The number of likely N-dealkylation sites (tertiary alicyclic amines) is 1. The Labute approximate surface area is 160 Å². The first-order valence-electron chi connectivity index (χ1n) is 9.89. The van der Waals surface area contributed by atoms with E-state index in [0.717, 1.165) is 25.9 Å². The molecule has 2 saturated heterocycles. The van der Waals surface area contributed by atoms with E-state index in [-0.39, 0.29) is 37.0 Å². The molecule has 0 bridgehead atoms. The normalized spacial score (nSPS) is 25.8. The second kappa shape index (κ2) is 9.80. The van der Waals surface area contributed by atoms with Crippen molar-refractivity contribution in [3.8, 4) is 0 Å². The van der Waals surface area contributed by atoms with Crippen LogP contribution in [0.25, 0.3) is 0 Å². The van der Waals surface area contributed by atoms with Gasteiger partial charge in [-0.3, -0.25) is 14.6 Å². The average Bonchev–Trinajstić information content (AvgIpc) is 2.70. The fourth-order valence-corrected chi connectivity index (χ4v) is 3.84. The summed E-state index contributed by atoms with van der Waals surface area (Å²) in [5.41, 5.74) is 0.706. The molecule has 7 heteroatoms. The number of amides is 2. The van der Waals surface area contributed by atoms with Gasteiger partial charge < -0.3 is 20.1 Å². The summed E-state index contributed by atoms with van der Waals surface area (Å²) in [7, 11) is 0. The second-order valence-corrected chi connectivity index (χ2v) is 7.37. The zero-order valence-electron chi connectivity index (χ0n) is 15.7. The fraction of sp³-hybridized carbons (Fsp3) is 0.650. The molecule has 2 fully saturated rings. The van der Waals surface area contributed by atoms with Crippen molar-refractivity contribution in [1.29, 1.82) is 0 Å². The van der Waals surface area contributed by atoms with Crippen molar-refractivity contribution in [3.63, 3.8) is 0 Å². The first kappa shape index (κ1) is 19.8. The lowest BCUT2D eigenvalue weighted by Crippen LogP contribution is -2.52. The number of nitrogens with zero attached hydrogens (tertiary/aromatic N) is 2. The highest BCUT2D eigenvalue weighted by Crippen LogP contribution is 2.23. The third kappa shape index (κ3) is 5.74. The second-order valence-electron chi connectivity index (χ2n) is 7.37. The molecule has 0 saturated carbocycles. The van der Waals surface area contributed by atoms with E-state index in [0.29, 0.717) is 25.0 Å². The Morgan fingerprint density at radius 1 is 1.22 bits per heavy atom. The number of aliphatic hydroxyl groups excluding tert-OH is 1. The molecule has 1 aromatic heterocycles. The number of rotatable bonds is 6. The number of carbonyl (C=O) groups is 2. The van der Waals surface area contributed by atoms with Crippen LogP contribution in [0.4, 0.5) is 0 Å². The summed E-state index contributed by atoms with van der Waals surface area (Å²) in [6.07, 6.45) is 6.26. The molecule has 1 aromatic rings. The van der Waals surface area contributed by atoms with E-state index >= 15 is 0 Å². The van der Waals surface area contributed by atoms with Crippen molar-refractivity contribution < 1.29 is 19.4 Å². The molecule has 0 spiro atoms. The lowest BCUT2D eigenvalue weighted by molar-refractivity contribution is -0.143. The van der Waals surface area contributed by atoms with Crippen LogP contribution in [0.3, 0.4) is 0 Å². The van der Waals surface area contributed by atoms with Gasteiger partial charge in [0.15, 0.2) is 0 Å². The molecule has 148 valence electrons. The molecule has 7 nitrogen and oxygen atoms in total. The number of ether oxygens (including phenoxy) is 1. The van der Waals surface area contributed by atoms with E-state index in [1.54, 1.807) is 6.20 Å². The summed E-state index contributed by atoms with van der Waals surface area (Å²) in [6.45, 7) is 1.49. The van der Waals surface area contributed by atoms with Crippen LogP contribution in [0.15, 0.2) is 24.4 Å². The van der Waals surface area contributed by atoms with Gasteiger partial charge in [0.2, 0.25) is 11.8 Å². The minimum Gasteiger partial charge on any atom is -0.394 e. The van der Waals surface area contributed by atoms with Gasteiger partial charge in [0.1, 0.15) is 6.10 Å². The molecule has 2 aliphatic heterocycles. The van der Waals surface area contributed by atoms with Crippen LogP contribution in [0.2, 0.25) is 0 Å². The number of pyridine rings is 1. The summed E-state index contributed by atoms with van der Waals surface area (Å²) in [5, 5.41) is 12.6. The molecule has 2 aliphatic rings. The summed E-state index contributed by atoms with van der Waals surface area (Å²) in [5.74, 6) is -0.00220. The predicted octanol–water partition coefficient (Wildman–Crippen LogP) is 1.05. The van der Waals surface area contributed by atoms with Crippen LogP contribution in [0, 0.1) is 0 Å². The number of aromatic nitrogens is 1. The van der Waals surface area contributed by atoms with Crippen molar-refractivity contribution in [2.24, 2.45) is 0 Å². The van der Waals surface area contributed by atoms with Gasteiger partial charge >= 0.3 is 0 Å². The Morgan fingerprint density at radius 2 is 2.04 bits per heavy atom. The smallest absolute Gasteiger partial charge is 0.226 e. The number of nitrogens with one attached hydrogen (secondary N) is 1. The van der Waals surface area contributed by atoms with E-state index in [4.69, 9.17) is 4.74 Å². The third-order valence-electron chi connectivity index (χ3n) is 5.32. The van der Waals surface area contributed by atoms with Crippen molar-refractivity contribution in [2.75, 3.05) is 19.7 Å². The zero-order valence-corrected chi connectivity index (χ0v) is 15.7. The van der Waals surface area contributed by atoms with E-state index in [2.05, 4.69) is 10.3 Å². The molecular weight excluding hydrogens is 346 g/mol. The molecule has 3 rings (SSSR count). The fourth-order valence-electron chi connectivity index (χ4n) is 3.84. The Bertz CT molecular complexity index is 619. The first-order chi connectivity index (χ1) is 13.2. The van der Waals surface area contributed by atoms with Gasteiger partial charge in [-0.1, -0.05) is 6.07 Å². The molecule has 2 N–H and O–H groups in total. The van der Waals surface area contributed by atoms with Gasteiger partial charge in [-0.2, -0.15) is 0 Å². The van der Waals surface area contributed by atoms with Crippen molar-refractivity contribution in [1.82, 2.24) is 15.2 Å². The zero-order chi connectivity index (χ0) is 19.1. The minimum absolute atomic E-state index is 0.133. The number of hydrogen-bond acceptors (Lipinski definition) is 5. The molecule has 2 amide bonds. The quantitative estimate of drug-likeness (QED) is 0.775. The van der Waals surface area contributed by atoms with Gasteiger partial charge in [-0.25, -0.2) is 0 Å². The van der Waals surface area contributed by atoms with Gasteiger partial charge in [-0.05, 0) is 44.2 Å². The summed E-state index contributed by atoms with van der Waals surface area (Å²) in [6, 6.07) is 5.22. The van der Waals surface area contributed by atoms with Crippen molar-refractivity contribution in [2.45, 2.75) is 63.2 Å². The van der Waals surface area contributed by atoms with Crippen LogP contribution < -0.4 is 5.32 Å². The highest BCUT2D eigenvalue weighted by molar-refractivity contribution is 5.78. The summed E-state index contributed by atoms with van der Waals surface area (Å²) in [4.78, 5) is 30.8. The van der Waals surface area contributed by atoms with Gasteiger partial charge in [-0.15, -0.1) is 0 Å². The maximum Gasteiger partial charge on any atom is 0.226 e. The highest BCUT2D eigenvalue weighted by Gasteiger charge is 2.33. The standard InChI is InChI=1S/C20H29N3O4/c24-14-18-17(22-19(25)12-15-6-2-3-9-21-15)8-7-16(27-18)13-20(26)23-10-4-1-5-11-23/h2-3,6,9,16-18,24H,1,4-5,7-8,10-14H2,(H,22,25)/t16-,17-,18-/m0/s1. The predicted molar refractivity (Wildman–Crippen MR) is 99.9 cm³/mol.